The maximum Gasteiger partial charge on any atom is 0.243 e. The molecule has 41 heavy (non-hydrogen) atoms. The van der Waals surface area contributed by atoms with E-state index in [1.165, 1.54) is 0 Å². The van der Waals surface area contributed by atoms with Gasteiger partial charge < -0.3 is 26.6 Å². The molecule has 2 rings (SSSR count). The number of carbonyl (C=O) groups excluding carboxylic acids is 5. The SMILES string of the molecule is CC(C)C[C@@H]1NC(=O)[C@H](C(C)C)NC(=O)[C@@H](CC(C)C)NC(=O)[C@H](C(C)C)NC(=O)[C@H](Cc2ccccc2)NC1=O. The summed E-state index contributed by atoms with van der Waals surface area (Å²) in [6.07, 6.45) is 0.869. The summed E-state index contributed by atoms with van der Waals surface area (Å²) in [5.41, 5.74) is 0.826. The third-order valence-corrected chi connectivity index (χ3v) is 7.09. The van der Waals surface area contributed by atoms with E-state index < -0.39 is 59.7 Å². The molecule has 1 fully saturated rings. The van der Waals surface area contributed by atoms with Crippen molar-refractivity contribution < 1.29 is 24.0 Å². The van der Waals surface area contributed by atoms with Crippen LogP contribution in [-0.2, 0) is 30.4 Å². The first-order valence-electron chi connectivity index (χ1n) is 14.7. The third-order valence-electron chi connectivity index (χ3n) is 7.09. The van der Waals surface area contributed by atoms with E-state index in [0.29, 0.717) is 12.8 Å². The second kappa shape index (κ2) is 15.5. The largest absolute Gasteiger partial charge is 0.343 e. The lowest BCUT2D eigenvalue weighted by Crippen LogP contribution is -2.59. The smallest absolute Gasteiger partial charge is 0.243 e. The Morgan fingerprint density at radius 3 is 1.27 bits per heavy atom. The minimum absolute atomic E-state index is 0.0594. The molecule has 0 saturated carbocycles. The van der Waals surface area contributed by atoms with Gasteiger partial charge in [0.2, 0.25) is 29.5 Å². The summed E-state index contributed by atoms with van der Waals surface area (Å²) < 4.78 is 0. The maximum atomic E-state index is 13.6. The third kappa shape index (κ3) is 10.5. The van der Waals surface area contributed by atoms with Gasteiger partial charge in [0, 0.05) is 6.42 Å². The van der Waals surface area contributed by atoms with Crippen LogP contribution in [0.25, 0.3) is 0 Å². The van der Waals surface area contributed by atoms with E-state index in [1.807, 2.05) is 58.0 Å². The zero-order chi connectivity index (χ0) is 30.9. The van der Waals surface area contributed by atoms with Gasteiger partial charge in [-0.05, 0) is 42.1 Å². The van der Waals surface area contributed by atoms with E-state index in [-0.39, 0.29) is 30.1 Å². The Bertz CT molecular complexity index is 1060. The lowest BCUT2D eigenvalue weighted by molar-refractivity contribution is -0.135. The number of benzene rings is 1. The summed E-state index contributed by atoms with van der Waals surface area (Å²) in [6.45, 7) is 15.0. The molecule has 0 aromatic heterocycles. The number of rotatable bonds is 8. The summed E-state index contributed by atoms with van der Waals surface area (Å²) in [5.74, 6) is -2.98. The van der Waals surface area contributed by atoms with Gasteiger partial charge in [0.05, 0.1) is 0 Å². The molecule has 1 aromatic rings. The number of hydrogen-bond acceptors (Lipinski definition) is 5. The molecule has 1 aliphatic rings. The summed E-state index contributed by atoms with van der Waals surface area (Å²) in [5, 5.41) is 14.1. The Kier molecular flexibility index (Phi) is 12.8. The molecule has 5 N–H and O–H groups in total. The highest BCUT2D eigenvalue weighted by Gasteiger charge is 2.36. The van der Waals surface area contributed by atoms with Crippen LogP contribution in [0.4, 0.5) is 0 Å². The second-order valence-corrected chi connectivity index (χ2v) is 12.6. The number of nitrogens with one attached hydrogen (secondary N) is 5. The van der Waals surface area contributed by atoms with E-state index in [0.717, 1.165) is 5.56 Å². The molecule has 1 aromatic carbocycles. The van der Waals surface area contributed by atoms with Gasteiger partial charge in [-0.15, -0.1) is 0 Å². The van der Waals surface area contributed by atoms with Crippen molar-refractivity contribution in [2.24, 2.45) is 23.7 Å². The quantitative estimate of drug-likeness (QED) is 0.324. The fourth-order valence-electron chi connectivity index (χ4n) is 4.84. The van der Waals surface area contributed by atoms with Crippen LogP contribution in [0.5, 0.6) is 0 Å². The lowest BCUT2D eigenvalue weighted by Gasteiger charge is -2.29. The Morgan fingerprint density at radius 2 is 0.878 bits per heavy atom. The molecule has 0 bridgehead atoms. The molecule has 0 unspecified atom stereocenters. The molecule has 0 aliphatic carbocycles. The van der Waals surface area contributed by atoms with Gasteiger partial charge in [-0.3, -0.25) is 24.0 Å². The van der Waals surface area contributed by atoms with Gasteiger partial charge >= 0.3 is 0 Å². The van der Waals surface area contributed by atoms with Crippen LogP contribution in [0.2, 0.25) is 0 Å². The Balaban J connectivity index is 2.58. The highest BCUT2D eigenvalue weighted by atomic mass is 16.2. The fraction of sp³-hybridized carbons (Fsp3) is 0.645. The highest BCUT2D eigenvalue weighted by molar-refractivity contribution is 5.98. The molecular weight excluding hydrogens is 522 g/mol. The van der Waals surface area contributed by atoms with E-state index in [2.05, 4.69) is 26.6 Å². The Labute approximate surface area is 244 Å². The van der Waals surface area contributed by atoms with Crippen molar-refractivity contribution >= 4 is 29.5 Å². The van der Waals surface area contributed by atoms with Crippen molar-refractivity contribution in [2.45, 2.75) is 105 Å². The second-order valence-electron chi connectivity index (χ2n) is 12.6. The predicted octanol–water partition coefficient (Wildman–Crippen LogP) is 2.07. The first-order valence-corrected chi connectivity index (χ1v) is 14.7. The van der Waals surface area contributed by atoms with Gasteiger partial charge in [0.1, 0.15) is 30.2 Å². The average Bonchev–Trinajstić information content (AvgIpc) is 2.87. The van der Waals surface area contributed by atoms with Gasteiger partial charge in [-0.2, -0.15) is 0 Å². The van der Waals surface area contributed by atoms with E-state index in [9.17, 15) is 24.0 Å². The standard InChI is InChI=1S/C31H49N5O5/c1-17(2)14-22-27(37)32-24(16-21-12-10-9-11-13-21)29(39)36-26(20(7)8)31(41)34-23(15-18(3)4)28(38)35-25(19(5)6)30(40)33-22/h9-13,17-20,22-26H,14-16H2,1-8H3,(H,32,37)(H,33,40)(H,34,41)(H,35,38)(H,36,39)/t22-,23+,24-,25-,26-/m0/s1. The van der Waals surface area contributed by atoms with E-state index >= 15 is 0 Å². The van der Waals surface area contributed by atoms with Crippen molar-refractivity contribution in [3.63, 3.8) is 0 Å². The Hall–Kier alpha value is -3.43. The van der Waals surface area contributed by atoms with E-state index in [4.69, 9.17) is 0 Å². The van der Waals surface area contributed by atoms with Crippen LogP contribution < -0.4 is 26.6 Å². The van der Waals surface area contributed by atoms with E-state index in [1.54, 1.807) is 27.7 Å². The molecule has 1 heterocycles. The highest BCUT2D eigenvalue weighted by Crippen LogP contribution is 2.13. The molecule has 5 amide bonds. The van der Waals surface area contributed by atoms with Crippen LogP contribution in [0.3, 0.4) is 0 Å². The normalized spacial score (nSPS) is 25.3. The first-order chi connectivity index (χ1) is 19.2. The van der Waals surface area contributed by atoms with Crippen LogP contribution in [-0.4, -0.2) is 59.7 Å². The molecule has 5 atom stereocenters. The molecular formula is C31H49N5O5. The zero-order valence-electron chi connectivity index (χ0n) is 25.7. The van der Waals surface area contributed by atoms with Crippen LogP contribution in [0.15, 0.2) is 30.3 Å². The van der Waals surface area contributed by atoms with Crippen LogP contribution >= 0.6 is 0 Å². The van der Waals surface area contributed by atoms with Crippen molar-refractivity contribution in [1.29, 1.82) is 0 Å². The van der Waals surface area contributed by atoms with Gasteiger partial charge in [-0.25, -0.2) is 0 Å². The number of carbonyl (C=O) groups is 5. The van der Waals surface area contributed by atoms with Crippen molar-refractivity contribution in [2.75, 3.05) is 0 Å². The van der Waals surface area contributed by atoms with Gasteiger partial charge in [0.25, 0.3) is 0 Å². The molecule has 0 radical (unpaired) electrons. The average molecular weight is 572 g/mol. The first kappa shape index (κ1) is 33.8. The van der Waals surface area contributed by atoms with Gasteiger partial charge in [-0.1, -0.05) is 85.7 Å². The van der Waals surface area contributed by atoms with Gasteiger partial charge in [0.15, 0.2) is 0 Å². The molecule has 10 nitrogen and oxygen atoms in total. The summed E-state index contributed by atoms with van der Waals surface area (Å²) >= 11 is 0. The van der Waals surface area contributed by atoms with Crippen molar-refractivity contribution in [3.8, 4) is 0 Å². The molecule has 10 heteroatoms. The van der Waals surface area contributed by atoms with Crippen molar-refractivity contribution in [3.05, 3.63) is 35.9 Å². The monoisotopic (exact) mass is 571 g/mol. The van der Waals surface area contributed by atoms with Crippen LogP contribution in [0, 0.1) is 23.7 Å². The topological polar surface area (TPSA) is 146 Å². The zero-order valence-corrected chi connectivity index (χ0v) is 25.7. The minimum atomic E-state index is -0.997. The number of hydrogen-bond donors (Lipinski definition) is 5. The molecule has 228 valence electrons. The molecule has 1 saturated heterocycles. The predicted molar refractivity (Wildman–Crippen MR) is 158 cm³/mol. The van der Waals surface area contributed by atoms with Crippen LogP contribution in [0.1, 0.15) is 73.8 Å². The number of amides is 5. The summed E-state index contributed by atoms with van der Waals surface area (Å²) in [6, 6.07) is 4.56. The Morgan fingerprint density at radius 1 is 0.512 bits per heavy atom. The molecule has 1 aliphatic heterocycles. The van der Waals surface area contributed by atoms with Crippen molar-refractivity contribution in [1.82, 2.24) is 26.6 Å². The summed E-state index contributed by atoms with van der Waals surface area (Å²) in [4.78, 5) is 67.7. The lowest BCUT2D eigenvalue weighted by atomic mass is 9.97. The molecule has 0 spiro atoms. The summed E-state index contributed by atoms with van der Waals surface area (Å²) in [7, 11) is 0. The maximum absolute atomic E-state index is 13.6. The minimum Gasteiger partial charge on any atom is -0.343 e. The fourth-order valence-corrected chi connectivity index (χ4v) is 4.84.